The van der Waals surface area contributed by atoms with Crippen LogP contribution in [0.5, 0.6) is 5.75 Å². The standard InChI is InChI=1S/C23H26ClNO3/c24-18-7-5-17(6-8-18)23(13-15-27-16-14-23)22(26)25-19-9-11-21(12-10-19)28-20-3-1-2-4-20/h5-12,20H,1-4,13-16H2,(H,25,26). The van der Waals surface area contributed by atoms with Gasteiger partial charge in [-0.15, -0.1) is 0 Å². The number of ether oxygens (including phenoxy) is 2. The zero-order chi connectivity index (χ0) is 19.4. The molecule has 0 bridgehead atoms. The highest BCUT2D eigenvalue weighted by Gasteiger charge is 2.41. The first-order valence-electron chi connectivity index (χ1n) is 10.1. The minimum Gasteiger partial charge on any atom is -0.490 e. The molecule has 0 spiro atoms. The molecule has 2 aromatic carbocycles. The van der Waals surface area contributed by atoms with Crippen molar-refractivity contribution >= 4 is 23.2 Å². The van der Waals surface area contributed by atoms with Crippen molar-refractivity contribution < 1.29 is 14.3 Å². The minimum atomic E-state index is -0.595. The van der Waals surface area contributed by atoms with Crippen LogP contribution in [0.3, 0.4) is 0 Å². The van der Waals surface area contributed by atoms with Gasteiger partial charge < -0.3 is 14.8 Å². The lowest BCUT2D eigenvalue weighted by atomic mass is 9.73. The first-order chi connectivity index (χ1) is 13.7. The summed E-state index contributed by atoms with van der Waals surface area (Å²) in [5, 5.41) is 3.77. The smallest absolute Gasteiger partial charge is 0.235 e. The molecule has 0 aromatic heterocycles. The summed E-state index contributed by atoms with van der Waals surface area (Å²) in [6, 6.07) is 15.3. The van der Waals surface area contributed by atoms with Crippen LogP contribution in [-0.4, -0.2) is 25.2 Å². The monoisotopic (exact) mass is 399 g/mol. The Hall–Kier alpha value is -2.04. The van der Waals surface area contributed by atoms with Crippen molar-refractivity contribution in [1.29, 1.82) is 0 Å². The van der Waals surface area contributed by atoms with Gasteiger partial charge in [0, 0.05) is 23.9 Å². The van der Waals surface area contributed by atoms with Gasteiger partial charge in [0.2, 0.25) is 5.91 Å². The predicted molar refractivity (Wildman–Crippen MR) is 111 cm³/mol. The Kier molecular flexibility index (Phi) is 5.88. The van der Waals surface area contributed by atoms with E-state index in [4.69, 9.17) is 21.1 Å². The molecule has 2 fully saturated rings. The second-order valence-corrected chi connectivity index (χ2v) is 8.14. The molecular weight excluding hydrogens is 374 g/mol. The van der Waals surface area contributed by atoms with E-state index >= 15 is 0 Å². The van der Waals surface area contributed by atoms with E-state index in [1.807, 2.05) is 48.5 Å². The molecule has 5 heteroatoms. The average Bonchev–Trinajstić information content (AvgIpc) is 3.23. The highest BCUT2D eigenvalue weighted by atomic mass is 35.5. The molecule has 28 heavy (non-hydrogen) atoms. The summed E-state index contributed by atoms with van der Waals surface area (Å²) in [5.41, 5.74) is 1.17. The second-order valence-electron chi connectivity index (χ2n) is 7.70. The highest BCUT2D eigenvalue weighted by molar-refractivity contribution is 6.30. The number of anilines is 1. The maximum absolute atomic E-state index is 13.3. The van der Waals surface area contributed by atoms with Crippen molar-refractivity contribution in [2.45, 2.75) is 50.0 Å². The number of amides is 1. The first-order valence-corrected chi connectivity index (χ1v) is 10.5. The third kappa shape index (κ3) is 4.18. The Morgan fingerprint density at radius 2 is 1.64 bits per heavy atom. The van der Waals surface area contributed by atoms with Crippen molar-refractivity contribution in [1.82, 2.24) is 0 Å². The van der Waals surface area contributed by atoms with Crippen molar-refractivity contribution in [2.75, 3.05) is 18.5 Å². The molecule has 0 radical (unpaired) electrons. The van der Waals surface area contributed by atoms with Crippen LogP contribution in [0.4, 0.5) is 5.69 Å². The van der Waals surface area contributed by atoms with Crippen molar-refractivity contribution in [3.8, 4) is 5.75 Å². The quantitative estimate of drug-likeness (QED) is 0.737. The number of hydrogen-bond acceptors (Lipinski definition) is 3. The first kappa shape index (κ1) is 19.3. The molecule has 0 atom stereocenters. The lowest BCUT2D eigenvalue weighted by molar-refractivity contribution is -0.125. The van der Waals surface area contributed by atoms with Crippen molar-refractivity contribution in [3.63, 3.8) is 0 Å². The average molecular weight is 400 g/mol. The summed E-state index contributed by atoms with van der Waals surface area (Å²) in [6.07, 6.45) is 6.39. The summed E-state index contributed by atoms with van der Waals surface area (Å²) < 4.78 is 11.5. The number of hydrogen-bond donors (Lipinski definition) is 1. The zero-order valence-electron chi connectivity index (χ0n) is 16.0. The summed E-state index contributed by atoms with van der Waals surface area (Å²) in [5.74, 6) is 0.867. The van der Waals surface area contributed by atoms with Crippen molar-refractivity contribution in [3.05, 3.63) is 59.1 Å². The van der Waals surface area contributed by atoms with Gasteiger partial charge in [-0.3, -0.25) is 4.79 Å². The lowest BCUT2D eigenvalue weighted by Gasteiger charge is -2.36. The Morgan fingerprint density at radius 1 is 1.00 bits per heavy atom. The van der Waals surface area contributed by atoms with Gasteiger partial charge in [0.05, 0.1) is 11.5 Å². The number of halogens is 1. The normalized spacial score (nSPS) is 19.3. The fraction of sp³-hybridized carbons (Fsp3) is 0.435. The largest absolute Gasteiger partial charge is 0.490 e. The molecule has 148 valence electrons. The van der Waals surface area contributed by atoms with Gasteiger partial charge >= 0.3 is 0 Å². The van der Waals surface area contributed by atoms with E-state index in [0.717, 1.165) is 29.8 Å². The molecule has 4 nitrogen and oxygen atoms in total. The van der Waals surface area contributed by atoms with Crippen LogP contribution in [-0.2, 0) is 14.9 Å². The fourth-order valence-corrected chi connectivity index (χ4v) is 4.33. The Balaban J connectivity index is 1.48. The van der Waals surface area contributed by atoms with E-state index < -0.39 is 5.41 Å². The van der Waals surface area contributed by atoms with Crippen LogP contribution in [0.2, 0.25) is 5.02 Å². The van der Waals surface area contributed by atoms with E-state index in [9.17, 15) is 4.79 Å². The SMILES string of the molecule is O=C(Nc1ccc(OC2CCCC2)cc1)C1(c2ccc(Cl)cc2)CCOCC1. The maximum Gasteiger partial charge on any atom is 0.235 e. The Bertz CT molecular complexity index is 792. The van der Waals surface area contributed by atoms with Crippen LogP contribution < -0.4 is 10.1 Å². The molecule has 1 aliphatic heterocycles. The van der Waals surface area contributed by atoms with Gasteiger partial charge in [-0.05, 0) is 80.5 Å². The summed E-state index contributed by atoms with van der Waals surface area (Å²) >= 11 is 6.04. The molecule has 1 saturated heterocycles. The van der Waals surface area contributed by atoms with Crippen LogP contribution in [0.1, 0.15) is 44.1 Å². The Labute approximate surface area is 171 Å². The molecule has 1 heterocycles. The van der Waals surface area contributed by atoms with Gasteiger partial charge in [-0.1, -0.05) is 23.7 Å². The molecule has 4 rings (SSSR count). The van der Waals surface area contributed by atoms with Gasteiger partial charge in [0.1, 0.15) is 5.75 Å². The van der Waals surface area contributed by atoms with Gasteiger partial charge in [0.25, 0.3) is 0 Å². The lowest BCUT2D eigenvalue weighted by Crippen LogP contribution is -2.44. The fourth-order valence-electron chi connectivity index (χ4n) is 4.20. The molecule has 1 N–H and O–H groups in total. The second kappa shape index (κ2) is 8.54. The van der Waals surface area contributed by atoms with Gasteiger partial charge in [-0.2, -0.15) is 0 Å². The van der Waals surface area contributed by atoms with E-state index in [2.05, 4.69) is 5.32 Å². The third-order valence-corrected chi connectivity index (χ3v) is 6.15. The number of rotatable bonds is 5. The number of carbonyl (C=O) groups excluding carboxylic acids is 1. The highest BCUT2D eigenvalue weighted by Crippen LogP contribution is 2.37. The van der Waals surface area contributed by atoms with Crippen LogP contribution in [0, 0.1) is 0 Å². The van der Waals surface area contributed by atoms with E-state index in [0.29, 0.717) is 37.2 Å². The number of carbonyl (C=O) groups is 1. The minimum absolute atomic E-state index is 0.00239. The van der Waals surface area contributed by atoms with Crippen LogP contribution in [0.25, 0.3) is 0 Å². The zero-order valence-corrected chi connectivity index (χ0v) is 16.7. The summed E-state index contributed by atoms with van der Waals surface area (Å²) in [4.78, 5) is 13.3. The molecule has 0 unspecified atom stereocenters. The number of benzene rings is 2. The van der Waals surface area contributed by atoms with Crippen LogP contribution in [0.15, 0.2) is 48.5 Å². The van der Waals surface area contributed by atoms with E-state index in [1.54, 1.807) is 0 Å². The molecule has 1 saturated carbocycles. The van der Waals surface area contributed by atoms with Crippen LogP contribution >= 0.6 is 11.6 Å². The Morgan fingerprint density at radius 3 is 2.29 bits per heavy atom. The number of nitrogens with one attached hydrogen (secondary N) is 1. The summed E-state index contributed by atoms with van der Waals surface area (Å²) in [7, 11) is 0. The molecule has 2 aromatic rings. The van der Waals surface area contributed by atoms with Gasteiger partial charge in [0.15, 0.2) is 0 Å². The topological polar surface area (TPSA) is 47.6 Å². The maximum atomic E-state index is 13.3. The van der Waals surface area contributed by atoms with E-state index in [1.165, 1.54) is 12.8 Å². The third-order valence-electron chi connectivity index (χ3n) is 5.89. The molecule has 1 aliphatic carbocycles. The van der Waals surface area contributed by atoms with Crippen molar-refractivity contribution in [2.24, 2.45) is 0 Å². The van der Waals surface area contributed by atoms with E-state index in [-0.39, 0.29) is 5.91 Å². The molecule has 1 amide bonds. The summed E-state index contributed by atoms with van der Waals surface area (Å²) in [6.45, 7) is 1.15. The molecule has 2 aliphatic rings. The van der Waals surface area contributed by atoms with Gasteiger partial charge in [-0.25, -0.2) is 0 Å². The molecular formula is C23H26ClNO3. The predicted octanol–water partition coefficient (Wildman–Crippen LogP) is 5.35.